The molecule has 0 spiro atoms. The number of benzene rings is 2. The summed E-state index contributed by atoms with van der Waals surface area (Å²) in [5.74, 6) is -1.95. The molecule has 0 unspecified atom stereocenters. The van der Waals surface area contributed by atoms with E-state index in [1.807, 2.05) is 0 Å². The van der Waals surface area contributed by atoms with Crippen molar-refractivity contribution in [1.29, 1.82) is 0 Å². The van der Waals surface area contributed by atoms with Crippen LogP contribution in [0.1, 0.15) is 20.7 Å². The van der Waals surface area contributed by atoms with Crippen molar-refractivity contribution in [3.8, 4) is 5.75 Å². The van der Waals surface area contributed by atoms with Gasteiger partial charge in [0.05, 0.1) is 23.3 Å². The van der Waals surface area contributed by atoms with Crippen LogP contribution in [0.4, 0.5) is 11.4 Å². The van der Waals surface area contributed by atoms with E-state index < -0.39 is 16.8 Å². The fraction of sp³-hybridized carbons (Fsp3) is 0.0625. The lowest BCUT2D eigenvalue weighted by Crippen LogP contribution is -2.34. The number of aromatic carboxylic acids is 1. The zero-order valence-electron chi connectivity index (χ0n) is 13.7. The number of carboxylic acid groups (broad SMARTS) is 1. The van der Waals surface area contributed by atoms with Gasteiger partial charge in [-0.25, -0.2) is 4.79 Å². The summed E-state index contributed by atoms with van der Waals surface area (Å²) < 4.78 is 4.87. The fourth-order valence-electron chi connectivity index (χ4n) is 2.11. The van der Waals surface area contributed by atoms with E-state index in [1.54, 1.807) is 0 Å². The Morgan fingerprint density at radius 3 is 2.56 bits per heavy atom. The van der Waals surface area contributed by atoms with Gasteiger partial charge in [-0.1, -0.05) is 11.6 Å². The van der Waals surface area contributed by atoms with E-state index in [9.17, 15) is 24.8 Å². The van der Waals surface area contributed by atoms with Crippen LogP contribution in [0.25, 0.3) is 0 Å². The van der Waals surface area contributed by atoms with Gasteiger partial charge in [0.25, 0.3) is 5.91 Å². The van der Waals surface area contributed by atoms with Gasteiger partial charge in [-0.2, -0.15) is 0 Å². The minimum Gasteiger partial charge on any atom is -0.490 e. The molecule has 0 atom stereocenters. The number of rotatable bonds is 5. The first-order valence-electron chi connectivity index (χ1n) is 7.20. The quantitative estimate of drug-likeness (QED) is 0.390. The van der Waals surface area contributed by atoms with Gasteiger partial charge in [-0.15, -0.1) is 0 Å². The molecule has 2 rings (SSSR count). The van der Waals surface area contributed by atoms with Gasteiger partial charge in [0.15, 0.2) is 10.9 Å². The monoisotopic (exact) mass is 409 g/mol. The summed E-state index contributed by atoms with van der Waals surface area (Å²) in [6.45, 7) is 0. The fourth-order valence-corrected chi connectivity index (χ4v) is 2.48. The number of halogens is 1. The van der Waals surface area contributed by atoms with E-state index in [4.69, 9.17) is 28.6 Å². The smallest absolute Gasteiger partial charge is 0.337 e. The summed E-state index contributed by atoms with van der Waals surface area (Å²) in [6.07, 6.45) is 0. The first-order valence-corrected chi connectivity index (χ1v) is 7.99. The molecule has 27 heavy (non-hydrogen) atoms. The van der Waals surface area contributed by atoms with Crippen LogP contribution in [-0.4, -0.2) is 34.1 Å². The summed E-state index contributed by atoms with van der Waals surface area (Å²) in [4.78, 5) is 33.9. The minimum absolute atomic E-state index is 0.00418. The van der Waals surface area contributed by atoms with E-state index in [1.165, 1.54) is 37.4 Å². The van der Waals surface area contributed by atoms with Crippen molar-refractivity contribution in [2.45, 2.75) is 0 Å². The highest BCUT2D eigenvalue weighted by Gasteiger charge is 2.19. The maximum Gasteiger partial charge on any atom is 0.337 e. The zero-order valence-corrected chi connectivity index (χ0v) is 15.3. The molecule has 0 aromatic heterocycles. The van der Waals surface area contributed by atoms with Gasteiger partial charge >= 0.3 is 11.7 Å². The van der Waals surface area contributed by atoms with Crippen LogP contribution in [0.2, 0.25) is 5.02 Å². The largest absolute Gasteiger partial charge is 0.490 e. The van der Waals surface area contributed by atoms with E-state index >= 15 is 0 Å². The molecular formula is C16H12ClN3O6S. The van der Waals surface area contributed by atoms with Gasteiger partial charge in [-0.3, -0.25) is 20.2 Å². The summed E-state index contributed by atoms with van der Waals surface area (Å²) >= 11 is 10.8. The molecular weight excluding hydrogens is 398 g/mol. The number of nitro groups is 1. The molecule has 0 fully saturated rings. The Labute approximate surface area is 163 Å². The van der Waals surface area contributed by atoms with Crippen LogP contribution >= 0.6 is 23.8 Å². The maximum atomic E-state index is 12.3. The zero-order chi connectivity index (χ0) is 20.1. The molecule has 0 heterocycles. The van der Waals surface area contributed by atoms with Crippen molar-refractivity contribution in [2.24, 2.45) is 0 Å². The number of nitrogens with zero attached hydrogens (tertiary/aromatic N) is 1. The molecule has 9 nitrogen and oxygen atoms in total. The molecule has 0 saturated heterocycles. The Bertz CT molecular complexity index is 950. The second-order valence-corrected chi connectivity index (χ2v) is 5.89. The highest BCUT2D eigenvalue weighted by atomic mass is 35.5. The topological polar surface area (TPSA) is 131 Å². The Balaban J connectivity index is 2.17. The number of nitro benzene ring substituents is 1. The van der Waals surface area contributed by atoms with E-state index in [0.29, 0.717) is 0 Å². The second-order valence-electron chi connectivity index (χ2n) is 5.05. The minimum atomic E-state index is -1.24. The molecule has 0 bridgehead atoms. The lowest BCUT2D eigenvalue weighted by Gasteiger charge is -2.12. The number of anilines is 1. The van der Waals surface area contributed by atoms with Crippen LogP contribution in [0, 0.1) is 10.1 Å². The van der Waals surface area contributed by atoms with Crippen LogP contribution < -0.4 is 15.4 Å². The highest BCUT2D eigenvalue weighted by Crippen LogP contribution is 2.27. The number of carboxylic acids is 1. The molecule has 1 amide bonds. The van der Waals surface area contributed by atoms with Crippen LogP contribution in [0.15, 0.2) is 36.4 Å². The normalized spacial score (nSPS) is 10.0. The third kappa shape index (κ3) is 4.90. The predicted molar refractivity (Wildman–Crippen MR) is 102 cm³/mol. The van der Waals surface area contributed by atoms with Crippen LogP contribution in [0.3, 0.4) is 0 Å². The Morgan fingerprint density at radius 1 is 1.26 bits per heavy atom. The Morgan fingerprint density at radius 2 is 1.96 bits per heavy atom. The van der Waals surface area contributed by atoms with Crippen molar-refractivity contribution < 1.29 is 24.4 Å². The molecule has 11 heteroatoms. The summed E-state index contributed by atoms with van der Waals surface area (Å²) in [5, 5.41) is 25.2. The lowest BCUT2D eigenvalue weighted by molar-refractivity contribution is -0.385. The van der Waals surface area contributed by atoms with Crippen LogP contribution in [0.5, 0.6) is 5.75 Å². The van der Waals surface area contributed by atoms with E-state index in [-0.39, 0.29) is 38.4 Å². The molecule has 2 aromatic carbocycles. The average Bonchev–Trinajstić information content (AvgIpc) is 2.62. The number of hydrogen-bond donors (Lipinski definition) is 3. The van der Waals surface area contributed by atoms with Crippen molar-refractivity contribution in [1.82, 2.24) is 5.32 Å². The SMILES string of the molecule is COc1ccc(C(=O)NC(=S)Nc2ccc(Cl)cc2C(=O)O)cc1[N+](=O)[O-]. The summed E-state index contributed by atoms with van der Waals surface area (Å²) in [6, 6.07) is 7.72. The molecule has 140 valence electrons. The Kier molecular flexibility index (Phi) is 6.27. The van der Waals surface area contributed by atoms with Crippen molar-refractivity contribution in [3.63, 3.8) is 0 Å². The number of methoxy groups -OCH3 is 1. The number of carbonyl (C=O) groups is 2. The Hall–Kier alpha value is -3.24. The summed E-state index contributed by atoms with van der Waals surface area (Å²) in [7, 11) is 1.27. The number of thiocarbonyl (C=S) groups is 1. The van der Waals surface area contributed by atoms with Crippen LogP contribution in [-0.2, 0) is 0 Å². The van der Waals surface area contributed by atoms with Gasteiger partial charge < -0.3 is 15.2 Å². The van der Waals surface area contributed by atoms with Gasteiger partial charge in [0.2, 0.25) is 0 Å². The molecule has 0 saturated carbocycles. The van der Waals surface area contributed by atoms with E-state index in [2.05, 4.69) is 10.6 Å². The number of hydrogen-bond acceptors (Lipinski definition) is 6. The molecule has 0 aliphatic carbocycles. The third-order valence-electron chi connectivity index (χ3n) is 3.33. The third-order valence-corrected chi connectivity index (χ3v) is 3.76. The number of carbonyl (C=O) groups excluding carboxylic acids is 1. The first-order chi connectivity index (χ1) is 12.7. The highest BCUT2D eigenvalue weighted by molar-refractivity contribution is 7.80. The van der Waals surface area contributed by atoms with Gasteiger partial charge in [0, 0.05) is 16.7 Å². The van der Waals surface area contributed by atoms with Crippen molar-refractivity contribution >= 4 is 52.2 Å². The van der Waals surface area contributed by atoms with Gasteiger partial charge in [-0.05, 0) is 42.5 Å². The molecule has 0 aliphatic rings. The maximum absolute atomic E-state index is 12.3. The van der Waals surface area contributed by atoms with Crippen molar-refractivity contribution in [2.75, 3.05) is 12.4 Å². The van der Waals surface area contributed by atoms with E-state index in [0.717, 1.165) is 6.07 Å². The molecule has 2 aromatic rings. The lowest BCUT2D eigenvalue weighted by atomic mass is 10.1. The first kappa shape index (κ1) is 20.1. The van der Waals surface area contributed by atoms with Gasteiger partial charge in [0.1, 0.15) is 0 Å². The predicted octanol–water partition coefficient (Wildman–Crippen LogP) is 3.08. The van der Waals surface area contributed by atoms with Crippen molar-refractivity contribution in [3.05, 3.63) is 62.7 Å². The molecule has 0 radical (unpaired) electrons. The molecule has 0 aliphatic heterocycles. The summed E-state index contributed by atoms with van der Waals surface area (Å²) in [5.41, 5.74) is -0.423. The second kappa shape index (κ2) is 8.43. The molecule has 3 N–H and O–H groups in total. The standard InChI is InChI=1S/C16H12ClN3O6S/c1-26-13-5-2-8(6-12(13)20(24)25)14(21)19-16(27)18-11-4-3-9(17)7-10(11)15(22)23/h2-7H,1H3,(H,22,23)(H2,18,19,21,27). The number of ether oxygens (including phenoxy) is 1. The number of nitrogens with one attached hydrogen (secondary N) is 2. The number of amides is 1. The average molecular weight is 410 g/mol.